The first-order valence-electron chi connectivity index (χ1n) is 24.9. The normalized spacial score (nSPS) is 13.7. The van der Waals surface area contributed by atoms with E-state index in [-0.39, 0.29) is 24.9 Å². The van der Waals surface area contributed by atoms with Crippen molar-refractivity contribution in [2.45, 2.75) is 264 Å². The van der Waals surface area contributed by atoms with Crippen LogP contribution in [0.4, 0.5) is 0 Å². The summed E-state index contributed by atoms with van der Waals surface area (Å²) in [5.74, 6) is -0.500. The van der Waals surface area contributed by atoms with Crippen LogP contribution in [0.25, 0.3) is 0 Å². The number of carbonyl (C=O) groups excluding carboxylic acids is 2. The van der Waals surface area contributed by atoms with E-state index in [0.29, 0.717) is 19.3 Å². The van der Waals surface area contributed by atoms with Crippen LogP contribution in [0.5, 0.6) is 0 Å². The number of unbranched alkanes of at least 4 members (excludes halogenated alkanes) is 26. The SMILES string of the molecule is CC/C=C/C=C/C=C/CCCCCCCCCC(=O)OC(CCCCC/C=C/CCCCCCCCC)CC(=O)NC(CO)C(O)CCCCCCCCCCCC. The minimum atomic E-state index is -0.792. The van der Waals surface area contributed by atoms with Crippen LogP contribution in [0.1, 0.15) is 245 Å². The molecule has 0 heterocycles. The van der Waals surface area contributed by atoms with E-state index in [4.69, 9.17) is 4.74 Å². The van der Waals surface area contributed by atoms with E-state index in [1.54, 1.807) is 0 Å². The third kappa shape index (κ3) is 40.6. The Morgan fingerprint density at radius 1 is 0.517 bits per heavy atom. The molecule has 1 amide bonds. The van der Waals surface area contributed by atoms with Gasteiger partial charge in [0.25, 0.3) is 0 Å². The average Bonchev–Trinajstić information content (AvgIpc) is 3.22. The summed E-state index contributed by atoms with van der Waals surface area (Å²) in [6.45, 7) is 6.33. The minimum Gasteiger partial charge on any atom is -0.462 e. The molecule has 0 saturated carbocycles. The monoisotopic (exact) mass is 814 g/mol. The highest BCUT2D eigenvalue weighted by Crippen LogP contribution is 2.17. The summed E-state index contributed by atoms with van der Waals surface area (Å²) in [6, 6.07) is -0.707. The number of aliphatic hydroxyl groups is 2. The fourth-order valence-corrected chi connectivity index (χ4v) is 7.42. The second-order valence-corrected chi connectivity index (χ2v) is 16.9. The molecule has 0 saturated heterocycles. The number of aliphatic hydroxyl groups excluding tert-OH is 2. The van der Waals surface area contributed by atoms with Crippen LogP contribution in [-0.4, -0.2) is 46.9 Å². The van der Waals surface area contributed by atoms with Gasteiger partial charge in [0.1, 0.15) is 6.10 Å². The van der Waals surface area contributed by atoms with Gasteiger partial charge in [-0.15, -0.1) is 0 Å². The topological polar surface area (TPSA) is 95.9 Å². The zero-order chi connectivity index (χ0) is 42.4. The fourth-order valence-electron chi connectivity index (χ4n) is 7.42. The lowest BCUT2D eigenvalue weighted by Crippen LogP contribution is -2.46. The summed E-state index contributed by atoms with van der Waals surface area (Å²) < 4.78 is 5.91. The highest BCUT2D eigenvalue weighted by atomic mass is 16.5. The largest absolute Gasteiger partial charge is 0.462 e. The summed E-state index contributed by atoms with van der Waals surface area (Å²) in [4.78, 5) is 26.1. The molecule has 0 spiro atoms. The number of nitrogens with one attached hydrogen (secondary N) is 1. The van der Waals surface area contributed by atoms with Gasteiger partial charge in [-0.3, -0.25) is 9.59 Å². The molecule has 0 aliphatic carbocycles. The maximum Gasteiger partial charge on any atom is 0.306 e. The second kappa shape index (κ2) is 45.9. The minimum absolute atomic E-state index is 0.0624. The maximum atomic E-state index is 13.2. The molecule has 0 aromatic heterocycles. The summed E-state index contributed by atoms with van der Waals surface area (Å²) in [5.41, 5.74) is 0. The highest BCUT2D eigenvalue weighted by Gasteiger charge is 2.24. The molecule has 58 heavy (non-hydrogen) atoms. The lowest BCUT2D eigenvalue weighted by molar-refractivity contribution is -0.151. The molecule has 3 atom stereocenters. The number of ether oxygens (including phenoxy) is 1. The fraction of sp³-hybridized carbons (Fsp3) is 0.808. The standard InChI is InChI=1S/C52H95NO5/c1-4-7-10-13-16-19-22-24-26-28-30-33-36-39-42-45-52(57)58-48(43-40-37-34-31-29-27-25-23-20-17-14-11-8-5-2)46-51(56)53-49(47-54)50(55)44-41-38-35-32-21-18-15-12-9-6-3/h7,10,13,16,19,22,27,29,48-50,54-55H,4-6,8-9,11-12,14-15,17-18,20-21,23-26,28,30-47H2,1-3H3,(H,53,56)/b10-7+,16-13+,22-19+,29-27+. The Morgan fingerprint density at radius 2 is 0.948 bits per heavy atom. The van der Waals surface area contributed by atoms with Gasteiger partial charge < -0.3 is 20.3 Å². The van der Waals surface area contributed by atoms with E-state index in [0.717, 1.165) is 83.5 Å². The van der Waals surface area contributed by atoms with Crippen molar-refractivity contribution in [3.8, 4) is 0 Å². The zero-order valence-electron chi connectivity index (χ0n) is 38.4. The van der Waals surface area contributed by atoms with Gasteiger partial charge in [0.05, 0.1) is 25.2 Å². The molecule has 0 aliphatic heterocycles. The molecular formula is C52H95NO5. The van der Waals surface area contributed by atoms with Crippen molar-refractivity contribution >= 4 is 11.9 Å². The van der Waals surface area contributed by atoms with Crippen LogP contribution in [0.3, 0.4) is 0 Å². The molecule has 6 nitrogen and oxygen atoms in total. The molecule has 3 unspecified atom stereocenters. The van der Waals surface area contributed by atoms with E-state index in [2.05, 4.69) is 74.7 Å². The van der Waals surface area contributed by atoms with Gasteiger partial charge in [0, 0.05) is 6.42 Å². The van der Waals surface area contributed by atoms with Gasteiger partial charge in [-0.2, -0.15) is 0 Å². The molecule has 0 aromatic rings. The zero-order valence-corrected chi connectivity index (χ0v) is 38.4. The molecule has 0 bridgehead atoms. The third-order valence-electron chi connectivity index (χ3n) is 11.2. The molecule has 0 rings (SSSR count). The summed E-state index contributed by atoms with van der Waals surface area (Å²) in [7, 11) is 0. The van der Waals surface area contributed by atoms with Crippen LogP contribution in [0, 0.1) is 0 Å². The van der Waals surface area contributed by atoms with E-state index in [1.165, 1.54) is 116 Å². The number of allylic oxidation sites excluding steroid dienone is 8. The first kappa shape index (κ1) is 55.8. The van der Waals surface area contributed by atoms with Gasteiger partial charge >= 0.3 is 5.97 Å². The predicted octanol–water partition coefficient (Wildman–Crippen LogP) is 14.7. The number of amides is 1. The Hall–Kier alpha value is -2.18. The number of hydrogen-bond donors (Lipinski definition) is 3. The Kier molecular flexibility index (Phi) is 44.2. The Balaban J connectivity index is 4.62. The average molecular weight is 814 g/mol. The van der Waals surface area contributed by atoms with E-state index < -0.39 is 18.2 Å². The van der Waals surface area contributed by atoms with Crippen LogP contribution in [-0.2, 0) is 14.3 Å². The lowest BCUT2D eigenvalue weighted by Gasteiger charge is -2.24. The van der Waals surface area contributed by atoms with Gasteiger partial charge in [-0.25, -0.2) is 0 Å². The number of rotatable bonds is 44. The molecule has 0 radical (unpaired) electrons. The van der Waals surface area contributed by atoms with Crippen LogP contribution >= 0.6 is 0 Å². The quantitative estimate of drug-likeness (QED) is 0.0246. The van der Waals surface area contributed by atoms with Crippen molar-refractivity contribution < 1.29 is 24.5 Å². The van der Waals surface area contributed by atoms with Gasteiger partial charge in [0.15, 0.2) is 0 Å². The number of carbonyl (C=O) groups is 2. The summed E-state index contributed by atoms with van der Waals surface area (Å²) in [5, 5.41) is 23.7. The van der Waals surface area contributed by atoms with E-state index >= 15 is 0 Å². The van der Waals surface area contributed by atoms with Crippen molar-refractivity contribution in [3.05, 3.63) is 48.6 Å². The van der Waals surface area contributed by atoms with Crippen LogP contribution in [0.2, 0.25) is 0 Å². The van der Waals surface area contributed by atoms with Crippen molar-refractivity contribution in [3.63, 3.8) is 0 Å². The first-order valence-corrected chi connectivity index (χ1v) is 24.9. The van der Waals surface area contributed by atoms with Crippen molar-refractivity contribution in [1.29, 1.82) is 0 Å². The van der Waals surface area contributed by atoms with Crippen LogP contribution < -0.4 is 5.32 Å². The first-order chi connectivity index (χ1) is 28.5. The van der Waals surface area contributed by atoms with E-state index in [1.807, 2.05) is 0 Å². The Bertz CT molecular complexity index is 1000. The third-order valence-corrected chi connectivity index (χ3v) is 11.2. The molecule has 0 aromatic carbocycles. The summed E-state index contributed by atoms with van der Waals surface area (Å²) >= 11 is 0. The van der Waals surface area contributed by atoms with E-state index in [9.17, 15) is 19.8 Å². The van der Waals surface area contributed by atoms with Gasteiger partial charge in [-0.05, 0) is 70.6 Å². The predicted molar refractivity (Wildman–Crippen MR) is 250 cm³/mol. The second-order valence-electron chi connectivity index (χ2n) is 16.9. The molecular weight excluding hydrogens is 719 g/mol. The molecule has 3 N–H and O–H groups in total. The van der Waals surface area contributed by atoms with Crippen molar-refractivity contribution in [2.75, 3.05) is 6.61 Å². The Labute approximate surface area is 359 Å². The van der Waals surface area contributed by atoms with Crippen molar-refractivity contribution in [2.24, 2.45) is 0 Å². The van der Waals surface area contributed by atoms with Crippen molar-refractivity contribution in [1.82, 2.24) is 5.32 Å². The van der Waals surface area contributed by atoms with Gasteiger partial charge in [-0.1, -0.05) is 211 Å². The number of esters is 1. The lowest BCUT2D eigenvalue weighted by atomic mass is 10.0. The molecule has 6 heteroatoms. The maximum absolute atomic E-state index is 13.2. The molecule has 338 valence electrons. The summed E-state index contributed by atoms with van der Waals surface area (Å²) in [6.07, 6.45) is 54.5. The van der Waals surface area contributed by atoms with Gasteiger partial charge in [0.2, 0.25) is 5.91 Å². The molecule has 0 aliphatic rings. The molecule has 0 fully saturated rings. The Morgan fingerprint density at radius 3 is 1.47 bits per heavy atom. The van der Waals surface area contributed by atoms with Crippen LogP contribution in [0.15, 0.2) is 48.6 Å². The number of hydrogen-bond acceptors (Lipinski definition) is 5. The highest BCUT2D eigenvalue weighted by molar-refractivity contribution is 5.77. The smallest absolute Gasteiger partial charge is 0.306 e.